The fourth-order valence-electron chi connectivity index (χ4n) is 1.88. The maximum absolute atomic E-state index is 5.94. The van der Waals surface area contributed by atoms with Crippen LogP contribution >= 0.6 is 0 Å². The zero-order valence-electron chi connectivity index (χ0n) is 13.6. The molecule has 0 aliphatic heterocycles. The molecule has 0 amide bonds. The van der Waals surface area contributed by atoms with E-state index in [0.717, 1.165) is 6.61 Å². The van der Waals surface area contributed by atoms with Crippen molar-refractivity contribution in [3.05, 3.63) is 0 Å². The monoisotopic (exact) mass is 260 g/mol. The molecule has 0 unspecified atom stereocenters. The van der Waals surface area contributed by atoms with E-state index < -0.39 is 0 Å². The highest BCUT2D eigenvalue weighted by Crippen LogP contribution is 2.40. The van der Waals surface area contributed by atoms with E-state index in [0.29, 0.717) is 19.8 Å². The van der Waals surface area contributed by atoms with Crippen molar-refractivity contribution in [3.8, 4) is 0 Å². The number of methoxy groups -OCH3 is 2. The molecule has 0 rings (SSSR count). The molecule has 0 aromatic carbocycles. The molecule has 3 heteroatoms. The molecule has 0 saturated carbocycles. The van der Waals surface area contributed by atoms with Crippen molar-refractivity contribution in [3.63, 3.8) is 0 Å². The Kier molecular flexibility index (Phi) is 6.83. The lowest BCUT2D eigenvalue weighted by Gasteiger charge is -2.44. The van der Waals surface area contributed by atoms with Gasteiger partial charge in [0.15, 0.2) is 0 Å². The highest BCUT2D eigenvalue weighted by atomic mass is 16.5. The van der Waals surface area contributed by atoms with E-state index in [2.05, 4.69) is 41.5 Å². The molecule has 0 saturated heterocycles. The first-order valence-electron chi connectivity index (χ1n) is 6.64. The van der Waals surface area contributed by atoms with Gasteiger partial charge in [-0.05, 0) is 10.8 Å². The van der Waals surface area contributed by atoms with Crippen molar-refractivity contribution in [1.82, 2.24) is 0 Å². The molecule has 0 aliphatic rings. The fourth-order valence-corrected chi connectivity index (χ4v) is 1.88. The summed E-state index contributed by atoms with van der Waals surface area (Å²) in [5, 5.41) is 0. The molecule has 0 aromatic heterocycles. The van der Waals surface area contributed by atoms with Crippen molar-refractivity contribution >= 4 is 0 Å². The maximum atomic E-state index is 5.94. The lowest BCUT2D eigenvalue weighted by atomic mass is 9.68. The average molecular weight is 260 g/mol. The van der Waals surface area contributed by atoms with Gasteiger partial charge in [0.1, 0.15) is 0 Å². The molecule has 18 heavy (non-hydrogen) atoms. The summed E-state index contributed by atoms with van der Waals surface area (Å²) >= 11 is 0. The van der Waals surface area contributed by atoms with Crippen LogP contribution in [0.15, 0.2) is 0 Å². The predicted octanol–water partition coefficient (Wildman–Crippen LogP) is 3.37. The van der Waals surface area contributed by atoms with Crippen molar-refractivity contribution in [2.45, 2.75) is 41.5 Å². The summed E-state index contributed by atoms with van der Waals surface area (Å²) in [7, 11) is 3.47. The Hall–Kier alpha value is -0.120. The van der Waals surface area contributed by atoms with Crippen molar-refractivity contribution in [2.24, 2.45) is 16.2 Å². The summed E-state index contributed by atoms with van der Waals surface area (Å²) in [4.78, 5) is 0. The predicted molar refractivity (Wildman–Crippen MR) is 75.9 cm³/mol. The van der Waals surface area contributed by atoms with Crippen molar-refractivity contribution in [1.29, 1.82) is 0 Å². The third-order valence-electron chi connectivity index (χ3n) is 3.35. The Bertz CT molecular complexity index is 217. The summed E-state index contributed by atoms with van der Waals surface area (Å²) in [5.74, 6) is 0. The second-order valence-electron chi connectivity index (χ2n) is 7.45. The van der Waals surface area contributed by atoms with Crippen LogP contribution in [0.25, 0.3) is 0 Å². The number of hydrogen-bond donors (Lipinski definition) is 0. The Labute approximate surface area is 113 Å². The average Bonchev–Trinajstić information content (AvgIpc) is 2.14. The normalized spacial score (nSPS) is 14.0. The third kappa shape index (κ3) is 5.68. The van der Waals surface area contributed by atoms with Gasteiger partial charge in [0.25, 0.3) is 0 Å². The third-order valence-corrected chi connectivity index (χ3v) is 3.35. The first kappa shape index (κ1) is 17.9. The van der Waals surface area contributed by atoms with Gasteiger partial charge in [0.2, 0.25) is 0 Å². The zero-order chi connectivity index (χ0) is 14.4. The fraction of sp³-hybridized carbons (Fsp3) is 1.00. The topological polar surface area (TPSA) is 27.7 Å². The molecule has 0 aromatic rings. The first-order valence-corrected chi connectivity index (χ1v) is 6.64. The lowest BCUT2D eigenvalue weighted by Crippen LogP contribution is -2.47. The minimum atomic E-state index is -0.109. The number of hydrogen-bond acceptors (Lipinski definition) is 3. The van der Waals surface area contributed by atoms with E-state index in [1.807, 2.05) is 0 Å². The quantitative estimate of drug-likeness (QED) is 0.702. The number of rotatable bonds is 7. The van der Waals surface area contributed by atoms with Gasteiger partial charge in [-0.25, -0.2) is 0 Å². The van der Waals surface area contributed by atoms with E-state index in [-0.39, 0.29) is 16.2 Å². The Balaban J connectivity index is 4.74. The standard InChI is InChI=1S/C15H32O3/c1-13(2,3)9-18-12-15(10-16-7,11-17-8)14(4,5)6/h9-12H2,1-8H3. The molecule has 0 radical (unpaired) electrons. The summed E-state index contributed by atoms with van der Waals surface area (Å²) in [6.45, 7) is 15.9. The Morgan fingerprint density at radius 2 is 1.11 bits per heavy atom. The zero-order valence-corrected chi connectivity index (χ0v) is 13.6. The molecule has 0 atom stereocenters. The molecule has 3 nitrogen and oxygen atoms in total. The molecular weight excluding hydrogens is 228 g/mol. The number of ether oxygens (including phenoxy) is 3. The van der Waals surface area contributed by atoms with E-state index in [1.54, 1.807) is 14.2 Å². The summed E-state index contributed by atoms with van der Waals surface area (Å²) in [6, 6.07) is 0. The van der Waals surface area contributed by atoms with Gasteiger partial charge < -0.3 is 14.2 Å². The largest absolute Gasteiger partial charge is 0.384 e. The van der Waals surface area contributed by atoms with Crippen molar-refractivity contribution < 1.29 is 14.2 Å². The summed E-state index contributed by atoms with van der Waals surface area (Å²) < 4.78 is 16.8. The SMILES string of the molecule is COCC(COC)(COCC(C)(C)C)C(C)(C)C. The molecule has 0 heterocycles. The second-order valence-corrected chi connectivity index (χ2v) is 7.45. The van der Waals surface area contributed by atoms with Crippen LogP contribution in [0.3, 0.4) is 0 Å². The molecule has 0 bridgehead atoms. The van der Waals surface area contributed by atoms with Crippen LogP contribution in [0.2, 0.25) is 0 Å². The van der Waals surface area contributed by atoms with Gasteiger partial charge in [0, 0.05) is 19.6 Å². The van der Waals surface area contributed by atoms with Crippen molar-refractivity contribution in [2.75, 3.05) is 40.6 Å². The molecule has 0 N–H and O–H groups in total. The minimum absolute atomic E-state index is 0.0664. The van der Waals surface area contributed by atoms with E-state index in [4.69, 9.17) is 14.2 Å². The smallest absolute Gasteiger partial charge is 0.0572 e. The van der Waals surface area contributed by atoms with E-state index >= 15 is 0 Å². The van der Waals surface area contributed by atoms with Crippen LogP contribution in [-0.2, 0) is 14.2 Å². The summed E-state index contributed by atoms with van der Waals surface area (Å²) in [5.41, 5.74) is 0.141. The van der Waals surface area contributed by atoms with Crippen LogP contribution in [0.5, 0.6) is 0 Å². The molecule has 0 spiro atoms. The molecular formula is C15H32O3. The molecule has 110 valence electrons. The van der Waals surface area contributed by atoms with Gasteiger partial charge in [0.05, 0.1) is 26.4 Å². The minimum Gasteiger partial charge on any atom is -0.384 e. The molecule has 0 fully saturated rings. The Morgan fingerprint density at radius 1 is 0.667 bits per heavy atom. The van der Waals surface area contributed by atoms with Gasteiger partial charge >= 0.3 is 0 Å². The highest BCUT2D eigenvalue weighted by Gasteiger charge is 2.42. The van der Waals surface area contributed by atoms with Crippen LogP contribution in [-0.4, -0.2) is 40.6 Å². The van der Waals surface area contributed by atoms with E-state index in [9.17, 15) is 0 Å². The maximum Gasteiger partial charge on any atom is 0.0572 e. The van der Waals surface area contributed by atoms with Gasteiger partial charge in [-0.1, -0.05) is 41.5 Å². The van der Waals surface area contributed by atoms with E-state index in [1.165, 1.54) is 0 Å². The van der Waals surface area contributed by atoms with Crippen LogP contribution < -0.4 is 0 Å². The van der Waals surface area contributed by atoms with Crippen LogP contribution in [0.4, 0.5) is 0 Å². The highest BCUT2D eigenvalue weighted by molar-refractivity contribution is 4.90. The summed E-state index contributed by atoms with van der Waals surface area (Å²) in [6.07, 6.45) is 0. The van der Waals surface area contributed by atoms with Crippen LogP contribution in [0, 0.1) is 16.2 Å². The van der Waals surface area contributed by atoms with Gasteiger partial charge in [-0.3, -0.25) is 0 Å². The Morgan fingerprint density at radius 3 is 1.39 bits per heavy atom. The van der Waals surface area contributed by atoms with Gasteiger partial charge in [-0.2, -0.15) is 0 Å². The molecule has 0 aliphatic carbocycles. The first-order chi connectivity index (χ1) is 8.08. The lowest BCUT2D eigenvalue weighted by molar-refractivity contribution is -0.116. The van der Waals surface area contributed by atoms with Crippen LogP contribution in [0.1, 0.15) is 41.5 Å². The second kappa shape index (κ2) is 6.88. The van der Waals surface area contributed by atoms with Gasteiger partial charge in [-0.15, -0.1) is 0 Å².